The lowest BCUT2D eigenvalue weighted by Crippen LogP contribution is -2.51. The summed E-state index contributed by atoms with van der Waals surface area (Å²) in [4.78, 5) is 24.0. The van der Waals surface area contributed by atoms with Gasteiger partial charge in [0.15, 0.2) is 9.84 Å². The molecule has 1 rings (SSSR count). The number of morpholine rings is 1. The minimum absolute atomic E-state index is 0.125. The Morgan fingerprint density at radius 1 is 1.42 bits per heavy atom. The number of amides is 1. The van der Waals surface area contributed by atoms with E-state index in [-0.39, 0.29) is 19.6 Å². The Balaban J connectivity index is 2.75. The largest absolute Gasteiger partial charge is 0.481 e. The number of carboxylic acid groups (broad SMARTS) is 1. The van der Waals surface area contributed by atoms with E-state index in [1.807, 2.05) is 0 Å². The molecule has 0 radical (unpaired) electrons. The number of sulfone groups is 1. The fourth-order valence-corrected chi connectivity index (χ4v) is 2.62. The van der Waals surface area contributed by atoms with Crippen LogP contribution < -0.4 is 0 Å². The van der Waals surface area contributed by atoms with Crippen LogP contribution in [0.25, 0.3) is 0 Å². The van der Waals surface area contributed by atoms with Crippen molar-refractivity contribution in [2.24, 2.45) is 0 Å². The predicted octanol–water partition coefficient (Wildman–Crippen LogP) is -0.488. The van der Waals surface area contributed by atoms with Crippen LogP contribution in [0.15, 0.2) is 0 Å². The van der Waals surface area contributed by atoms with E-state index in [2.05, 4.69) is 0 Å². The predicted molar refractivity (Wildman–Crippen MR) is 67.5 cm³/mol. The van der Waals surface area contributed by atoms with E-state index in [0.717, 1.165) is 0 Å². The van der Waals surface area contributed by atoms with Crippen LogP contribution in [0.1, 0.15) is 20.3 Å². The van der Waals surface area contributed by atoms with Crippen LogP contribution in [-0.4, -0.2) is 67.1 Å². The molecule has 1 amide bonds. The number of ether oxygens (including phenoxy) is 1. The monoisotopic (exact) mass is 293 g/mol. The molecule has 19 heavy (non-hydrogen) atoms. The van der Waals surface area contributed by atoms with Crippen molar-refractivity contribution in [2.75, 3.05) is 25.5 Å². The molecule has 1 N–H and O–H groups in total. The van der Waals surface area contributed by atoms with E-state index in [1.165, 1.54) is 18.7 Å². The van der Waals surface area contributed by atoms with Gasteiger partial charge < -0.3 is 14.7 Å². The van der Waals surface area contributed by atoms with Gasteiger partial charge in [-0.05, 0) is 13.8 Å². The summed E-state index contributed by atoms with van der Waals surface area (Å²) in [7, 11) is -3.48. The maximum Gasteiger partial charge on any atom is 0.305 e. The number of nitrogens with zero attached hydrogens (tertiary/aromatic N) is 1. The lowest BCUT2D eigenvalue weighted by Gasteiger charge is -2.34. The minimum Gasteiger partial charge on any atom is -0.481 e. The van der Waals surface area contributed by atoms with Crippen LogP contribution in [0.4, 0.5) is 0 Å². The molecule has 0 aromatic rings. The maximum absolute atomic E-state index is 12.0. The molecule has 0 aromatic carbocycles. The van der Waals surface area contributed by atoms with E-state index in [1.54, 1.807) is 0 Å². The summed E-state index contributed by atoms with van der Waals surface area (Å²) < 4.78 is 28.6. The second kappa shape index (κ2) is 6.33. The summed E-state index contributed by atoms with van der Waals surface area (Å²) >= 11 is 0. The molecule has 110 valence electrons. The summed E-state index contributed by atoms with van der Waals surface area (Å²) in [6.07, 6.45) is -0.243. The van der Waals surface area contributed by atoms with Crippen molar-refractivity contribution in [1.29, 1.82) is 0 Å². The molecule has 0 bridgehead atoms. The van der Waals surface area contributed by atoms with Crippen molar-refractivity contribution in [3.63, 3.8) is 0 Å². The molecule has 1 aliphatic heterocycles. The Kier molecular flexibility index (Phi) is 5.30. The summed E-state index contributed by atoms with van der Waals surface area (Å²) in [5, 5.41) is 8.15. The van der Waals surface area contributed by atoms with Crippen molar-refractivity contribution in [2.45, 2.75) is 31.6 Å². The van der Waals surface area contributed by atoms with E-state index < -0.39 is 38.8 Å². The van der Waals surface area contributed by atoms with E-state index in [0.29, 0.717) is 6.61 Å². The van der Waals surface area contributed by atoms with Gasteiger partial charge in [-0.2, -0.15) is 0 Å². The number of rotatable bonds is 5. The van der Waals surface area contributed by atoms with E-state index in [9.17, 15) is 18.0 Å². The molecule has 0 spiro atoms. The van der Waals surface area contributed by atoms with E-state index >= 15 is 0 Å². The number of carbonyl (C=O) groups is 2. The van der Waals surface area contributed by atoms with Crippen molar-refractivity contribution in [3.05, 3.63) is 0 Å². The highest BCUT2D eigenvalue weighted by atomic mass is 32.2. The number of aliphatic carboxylic acids is 1. The molecule has 0 aliphatic carbocycles. The van der Waals surface area contributed by atoms with Crippen LogP contribution in [0, 0.1) is 0 Å². The van der Waals surface area contributed by atoms with Gasteiger partial charge in [-0.15, -0.1) is 0 Å². The first-order valence-electron chi connectivity index (χ1n) is 6.04. The number of hydrogen-bond donors (Lipinski definition) is 1. The van der Waals surface area contributed by atoms with Crippen molar-refractivity contribution < 1.29 is 27.9 Å². The number of carboxylic acids is 1. The van der Waals surface area contributed by atoms with Crippen molar-refractivity contribution in [1.82, 2.24) is 4.90 Å². The third-order valence-corrected chi connectivity index (χ3v) is 5.09. The molecule has 1 atom stereocenters. The van der Waals surface area contributed by atoms with Gasteiger partial charge in [-0.3, -0.25) is 9.59 Å². The van der Waals surface area contributed by atoms with Crippen molar-refractivity contribution >= 4 is 21.7 Å². The molecule has 8 heteroatoms. The molecule has 1 fully saturated rings. The Morgan fingerprint density at radius 3 is 2.58 bits per heavy atom. The number of carbonyl (C=O) groups excluding carboxylic acids is 1. The first-order chi connectivity index (χ1) is 8.74. The van der Waals surface area contributed by atoms with Gasteiger partial charge in [0.05, 0.1) is 30.9 Å². The topological polar surface area (TPSA) is 101 Å². The zero-order valence-electron chi connectivity index (χ0n) is 11.0. The summed E-state index contributed by atoms with van der Waals surface area (Å²) in [5.41, 5.74) is 0. The minimum atomic E-state index is -3.48. The molecule has 1 saturated heterocycles. The Bertz CT molecular complexity index is 444. The molecule has 0 saturated carbocycles. The average Bonchev–Trinajstić information content (AvgIpc) is 2.27. The Morgan fingerprint density at radius 2 is 2.05 bits per heavy atom. The zero-order valence-corrected chi connectivity index (χ0v) is 11.9. The van der Waals surface area contributed by atoms with Gasteiger partial charge in [0.2, 0.25) is 5.91 Å². The lowest BCUT2D eigenvalue weighted by molar-refractivity contribution is -0.144. The van der Waals surface area contributed by atoms with Gasteiger partial charge in [0.1, 0.15) is 5.75 Å². The quantitative estimate of drug-likeness (QED) is 0.734. The summed E-state index contributed by atoms with van der Waals surface area (Å²) in [5.74, 6) is -2.18. The number of hydrogen-bond acceptors (Lipinski definition) is 5. The smallest absolute Gasteiger partial charge is 0.305 e. The Labute approximate surface area is 112 Å². The second-order valence-corrected chi connectivity index (χ2v) is 7.33. The molecule has 7 nitrogen and oxygen atoms in total. The average molecular weight is 293 g/mol. The van der Waals surface area contributed by atoms with Gasteiger partial charge in [0, 0.05) is 6.54 Å². The maximum atomic E-state index is 12.0. The van der Waals surface area contributed by atoms with Crippen LogP contribution in [0.2, 0.25) is 0 Å². The molecule has 0 aromatic heterocycles. The molecule has 1 aliphatic rings. The highest BCUT2D eigenvalue weighted by molar-refractivity contribution is 7.92. The summed E-state index contributed by atoms with van der Waals surface area (Å²) in [6, 6.07) is -0.596. The van der Waals surface area contributed by atoms with Crippen LogP contribution >= 0.6 is 0 Å². The molecular formula is C11H19NO6S. The fourth-order valence-electron chi connectivity index (χ4n) is 1.78. The summed E-state index contributed by atoms with van der Waals surface area (Å²) in [6.45, 7) is 3.67. The third-order valence-electron chi connectivity index (χ3n) is 3.00. The van der Waals surface area contributed by atoms with Crippen LogP contribution in [0.5, 0.6) is 0 Å². The fraction of sp³-hybridized carbons (Fsp3) is 0.818. The first-order valence-corrected chi connectivity index (χ1v) is 7.76. The van der Waals surface area contributed by atoms with Crippen LogP contribution in [0.3, 0.4) is 0 Å². The third kappa shape index (κ3) is 4.46. The van der Waals surface area contributed by atoms with Crippen LogP contribution in [-0.2, 0) is 24.2 Å². The van der Waals surface area contributed by atoms with Gasteiger partial charge in [-0.25, -0.2) is 8.42 Å². The standard InChI is InChI=1S/C11H19NO6S/c1-8(2)19(16,17)7-10(13)12-3-4-18-6-9(12)5-11(14)15/h8-9H,3-7H2,1-2H3,(H,14,15). The molecule has 1 heterocycles. The van der Waals surface area contributed by atoms with Gasteiger partial charge in [-0.1, -0.05) is 0 Å². The van der Waals surface area contributed by atoms with Gasteiger partial charge in [0.25, 0.3) is 0 Å². The molecular weight excluding hydrogens is 274 g/mol. The Hall–Kier alpha value is -1.15. The SMILES string of the molecule is CC(C)S(=O)(=O)CC(=O)N1CCOCC1CC(=O)O. The lowest BCUT2D eigenvalue weighted by atomic mass is 10.1. The van der Waals surface area contributed by atoms with E-state index in [4.69, 9.17) is 9.84 Å². The highest BCUT2D eigenvalue weighted by Gasteiger charge is 2.32. The normalized spacial score (nSPS) is 20.6. The first kappa shape index (κ1) is 15.9. The van der Waals surface area contributed by atoms with Crippen molar-refractivity contribution in [3.8, 4) is 0 Å². The molecule has 1 unspecified atom stereocenters. The highest BCUT2D eigenvalue weighted by Crippen LogP contribution is 2.13. The van der Waals surface area contributed by atoms with Gasteiger partial charge >= 0.3 is 5.97 Å². The zero-order chi connectivity index (χ0) is 14.6. The second-order valence-electron chi connectivity index (χ2n) is 4.77.